The van der Waals surface area contributed by atoms with E-state index in [4.69, 9.17) is 5.73 Å². The number of nitrogens with one attached hydrogen (secondary N) is 1. The number of hydrogen-bond donors (Lipinski definition) is 2. The van der Waals surface area contributed by atoms with Crippen molar-refractivity contribution in [2.75, 3.05) is 0 Å². The minimum absolute atomic E-state index is 0.213. The Balaban J connectivity index is 1.81. The second kappa shape index (κ2) is 4.95. The van der Waals surface area contributed by atoms with Gasteiger partial charge in [-0.25, -0.2) is 19.8 Å². The number of hydrogen-bond acceptors (Lipinski definition) is 4. The molecule has 0 amide bonds. The molecule has 4 rings (SSSR count). The Labute approximate surface area is 129 Å². The molecule has 1 aromatic carbocycles. The van der Waals surface area contributed by atoms with Gasteiger partial charge in [0.1, 0.15) is 5.82 Å². The van der Waals surface area contributed by atoms with Crippen molar-refractivity contribution in [3.05, 3.63) is 59.7 Å². The molecule has 2 heterocycles. The highest BCUT2D eigenvalue weighted by Crippen LogP contribution is 2.45. The molecular weight excluding hydrogens is 279 g/mol. The van der Waals surface area contributed by atoms with Crippen molar-refractivity contribution in [1.82, 2.24) is 10.4 Å². The smallest absolute Gasteiger partial charge is 0.215 e. The van der Waals surface area contributed by atoms with E-state index in [0.717, 1.165) is 24.1 Å². The summed E-state index contributed by atoms with van der Waals surface area (Å²) < 4.78 is 13.3. The molecule has 3 aliphatic rings. The van der Waals surface area contributed by atoms with E-state index in [9.17, 15) is 4.39 Å². The number of hydrazine groups is 1. The van der Waals surface area contributed by atoms with E-state index in [1.807, 2.05) is 23.2 Å². The number of allylic oxidation sites excluding steroid dienone is 1. The van der Waals surface area contributed by atoms with Crippen LogP contribution in [0.15, 0.2) is 53.3 Å². The Kier molecular flexibility index (Phi) is 3.04. The van der Waals surface area contributed by atoms with Crippen molar-refractivity contribution in [1.29, 1.82) is 0 Å². The summed E-state index contributed by atoms with van der Waals surface area (Å²) in [6.07, 6.45) is 10.7. The Hall–Kier alpha value is -2.14. The summed E-state index contributed by atoms with van der Waals surface area (Å²) in [5.41, 5.74) is 11.3. The first-order valence-electron chi connectivity index (χ1n) is 7.76. The molecule has 1 saturated carbocycles. The third-order valence-electron chi connectivity index (χ3n) is 4.93. The van der Waals surface area contributed by atoms with Crippen LogP contribution in [0.25, 0.3) is 0 Å². The lowest BCUT2D eigenvalue weighted by atomic mass is 9.77. The van der Waals surface area contributed by atoms with Crippen molar-refractivity contribution in [2.24, 2.45) is 16.6 Å². The zero-order valence-electron chi connectivity index (χ0n) is 12.3. The minimum Gasteiger partial charge on any atom is -0.368 e. The molecule has 1 aromatic rings. The SMILES string of the molecule is NC1=NC=CC2=CC(c3ccc(F)cc3)(C3CCCC3)NN21. The van der Waals surface area contributed by atoms with Gasteiger partial charge in [-0.15, -0.1) is 0 Å². The predicted octanol–water partition coefficient (Wildman–Crippen LogP) is 2.76. The largest absolute Gasteiger partial charge is 0.368 e. The quantitative estimate of drug-likeness (QED) is 0.882. The molecule has 1 atom stereocenters. The van der Waals surface area contributed by atoms with Crippen molar-refractivity contribution in [2.45, 2.75) is 31.2 Å². The van der Waals surface area contributed by atoms with Gasteiger partial charge in [-0.2, -0.15) is 0 Å². The maximum absolute atomic E-state index is 13.3. The number of benzene rings is 1. The van der Waals surface area contributed by atoms with Crippen LogP contribution in [0.1, 0.15) is 31.2 Å². The Morgan fingerprint density at radius 2 is 1.95 bits per heavy atom. The summed E-state index contributed by atoms with van der Waals surface area (Å²) >= 11 is 0. The average Bonchev–Trinajstić information content (AvgIpc) is 3.16. The molecule has 1 aliphatic carbocycles. The van der Waals surface area contributed by atoms with Crippen molar-refractivity contribution >= 4 is 5.96 Å². The van der Waals surface area contributed by atoms with Crippen LogP contribution in [-0.2, 0) is 5.54 Å². The van der Waals surface area contributed by atoms with Crippen LogP contribution in [0.2, 0.25) is 0 Å². The number of fused-ring (bicyclic) bond motifs is 1. The molecule has 0 aromatic heterocycles. The van der Waals surface area contributed by atoms with Crippen molar-refractivity contribution in [3.63, 3.8) is 0 Å². The molecule has 5 heteroatoms. The van der Waals surface area contributed by atoms with E-state index in [2.05, 4.69) is 16.5 Å². The Morgan fingerprint density at radius 1 is 1.23 bits per heavy atom. The first-order valence-corrected chi connectivity index (χ1v) is 7.76. The lowest BCUT2D eigenvalue weighted by molar-refractivity contribution is 0.211. The average molecular weight is 298 g/mol. The number of halogens is 1. The maximum atomic E-state index is 13.3. The Morgan fingerprint density at radius 3 is 2.64 bits per heavy atom. The van der Waals surface area contributed by atoms with E-state index >= 15 is 0 Å². The van der Waals surface area contributed by atoms with E-state index in [1.54, 1.807) is 6.20 Å². The van der Waals surface area contributed by atoms with Crippen LogP contribution in [0, 0.1) is 11.7 Å². The van der Waals surface area contributed by atoms with E-state index in [0.29, 0.717) is 11.9 Å². The summed E-state index contributed by atoms with van der Waals surface area (Å²) in [5.74, 6) is 0.697. The lowest BCUT2D eigenvalue weighted by Gasteiger charge is -2.37. The summed E-state index contributed by atoms with van der Waals surface area (Å²) in [6, 6.07) is 6.79. The highest BCUT2D eigenvalue weighted by molar-refractivity contribution is 5.82. The van der Waals surface area contributed by atoms with E-state index in [-0.39, 0.29) is 11.4 Å². The van der Waals surface area contributed by atoms with Gasteiger partial charge < -0.3 is 5.73 Å². The normalized spacial score (nSPS) is 27.8. The number of nitrogens with two attached hydrogens (primary N) is 1. The molecule has 2 aliphatic heterocycles. The first-order chi connectivity index (χ1) is 10.7. The van der Waals surface area contributed by atoms with E-state index in [1.165, 1.54) is 25.0 Å². The number of aliphatic imine (C=N–C) groups is 1. The van der Waals surface area contributed by atoms with Gasteiger partial charge in [-0.05, 0) is 48.6 Å². The van der Waals surface area contributed by atoms with Crippen LogP contribution in [0.5, 0.6) is 0 Å². The topological polar surface area (TPSA) is 53.6 Å². The maximum Gasteiger partial charge on any atom is 0.215 e. The molecule has 1 unspecified atom stereocenters. The fraction of sp³-hybridized carbons (Fsp3) is 0.353. The van der Waals surface area contributed by atoms with Crippen molar-refractivity contribution < 1.29 is 4.39 Å². The molecule has 114 valence electrons. The second-order valence-electron chi connectivity index (χ2n) is 6.18. The molecule has 3 N–H and O–H groups in total. The predicted molar refractivity (Wildman–Crippen MR) is 83.9 cm³/mol. The second-order valence-corrected chi connectivity index (χ2v) is 6.18. The number of guanidine groups is 1. The van der Waals surface area contributed by atoms with Gasteiger partial charge in [0.05, 0.1) is 11.2 Å². The molecule has 0 spiro atoms. The fourth-order valence-corrected chi connectivity index (χ4v) is 3.84. The molecule has 0 bridgehead atoms. The van der Waals surface area contributed by atoms with Gasteiger partial charge >= 0.3 is 0 Å². The van der Waals surface area contributed by atoms with Gasteiger partial charge in [0.25, 0.3) is 0 Å². The monoisotopic (exact) mass is 298 g/mol. The summed E-state index contributed by atoms with van der Waals surface area (Å²) in [5, 5.41) is 1.83. The van der Waals surface area contributed by atoms with Gasteiger partial charge in [-0.1, -0.05) is 25.0 Å². The molecular formula is C17H19FN4. The van der Waals surface area contributed by atoms with Crippen LogP contribution < -0.4 is 11.2 Å². The standard InChI is InChI=1S/C17H19FN4/c18-14-7-5-13(6-8-14)17(12-3-1-2-4-12)11-15-9-10-20-16(19)22(15)21-17/h5-12,21H,1-4H2,(H2,19,20). The van der Waals surface area contributed by atoms with Crippen molar-refractivity contribution in [3.8, 4) is 0 Å². The molecule has 1 fully saturated rings. The van der Waals surface area contributed by atoms with E-state index < -0.39 is 0 Å². The summed E-state index contributed by atoms with van der Waals surface area (Å²) in [4.78, 5) is 4.15. The van der Waals surface area contributed by atoms with Gasteiger partial charge in [0.2, 0.25) is 5.96 Å². The molecule has 22 heavy (non-hydrogen) atoms. The first kappa shape index (κ1) is 13.5. The molecule has 0 radical (unpaired) electrons. The van der Waals surface area contributed by atoms with Crippen LogP contribution >= 0.6 is 0 Å². The van der Waals surface area contributed by atoms with Gasteiger partial charge in [-0.3, -0.25) is 0 Å². The van der Waals surface area contributed by atoms with Crippen LogP contribution in [-0.4, -0.2) is 11.0 Å². The zero-order valence-corrected chi connectivity index (χ0v) is 12.3. The van der Waals surface area contributed by atoms with Gasteiger partial charge in [0, 0.05) is 6.20 Å². The Bertz CT molecular complexity index is 670. The van der Waals surface area contributed by atoms with Gasteiger partial charge in [0.15, 0.2) is 0 Å². The zero-order chi connectivity index (χ0) is 15.2. The third-order valence-corrected chi connectivity index (χ3v) is 4.93. The minimum atomic E-state index is -0.339. The number of nitrogens with zero attached hydrogens (tertiary/aromatic N) is 2. The summed E-state index contributed by atoms with van der Waals surface area (Å²) in [7, 11) is 0. The number of rotatable bonds is 2. The molecule has 4 nitrogen and oxygen atoms in total. The fourth-order valence-electron chi connectivity index (χ4n) is 3.84. The van der Waals surface area contributed by atoms with Crippen LogP contribution in [0.3, 0.4) is 0 Å². The van der Waals surface area contributed by atoms with Crippen LogP contribution in [0.4, 0.5) is 4.39 Å². The third kappa shape index (κ3) is 1.96. The lowest BCUT2D eigenvalue weighted by Crippen LogP contribution is -2.53. The highest BCUT2D eigenvalue weighted by atomic mass is 19.1. The molecule has 0 saturated heterocycles. The summed E-state index contributed by atoms with van der Waals surface area (Å²) in [6.45, 7) is 0. The highest BCUT2D eigenvalue weighted by Gasteiger charge is 2.46.